The minimum absolute atomic E-state index is 0.00725. The molecule has 0 saturated heterocycles. The molecule has 0 amide bonds. The smallest absolute Gasteiger partial charge is 0.215 e. The van der Waals surface area contributed by atoms with Crippen molar-refractivity contribution in [3.63, 3.8) is 0 Å². The van der Waals surface area contributed by atoms with Gasteiger partial charge in [0, 0.05) is 17.8 Å². The van der Waals surface area contributed by atoms with Crippen molar-refractivity contribution in [1.29, 1.82) is 5.26 Å². The number of thiazole rings is 1. The third-order valence-corrected chi connectivity index (χ3v) is 9.06. The molecule has 0 spiro atoms. The Bertz CT molecular complexity index is 1350. The zero-order chi connectivity index (χ0) is 23.2. The first kappa shape index (κ1) is 22.1. The molecule has 1 atom stereocenters. The summed E-state index contributed by atoms with van der Waals surface area (Å²) >= 11 is 1.57. The van der Waals surface area contributed by atoms with E-state index in [1.54, 1.807) is 11.3 Å². The van der Waals surface area contributed by atoms with Crippen molar-refractivity contribution >= 4 is 21.4 Å². The summed E-state index contributed by atoms with van der Waals surface area (Å²) in [5.74, 6) is 0.577. The highest BCUT2D eigenvalue weighted by Gasteiger charge is 2.38. The summed E-state index contributed by atoms with van der Waals surface area (Å²) in [6.45, 7) is 3.86. The number of nitrogens with one attached hydrogen (secondary N) is 1. The Balaban J connectivity index is 1.43. The van der Waals surface area contributed by atoms with Gasteiger partial charge in [0.25, 0.3) is 0 Å². The van der Waals surface area contributed by atoms with Crippen molar-refractivity contribution in [2.24, 2.45) is 0 Å². The Kier molecular flexibility index (Phi) is 5.73. The van der Waals surface area contributed by atoms with E-state index in [4.69, 9.17) is 4.74 Å². The summed E-state index contributed by atoms with van der Waals surface area (Å²) in [5.41, 5.74) is 4.72. The van der Waals surface area contributed by atoms with Crippen molar-refractivity contribution < 1.29 is 13.2 Å². The molecule has 1 saturated carbocycles. The Hall–Kier alpha value is -2.73. The molecule has 2 aliphatic rings. The van der Waals surface area contributed by atoms with Crippen LogP contribution in [0.5, 0.6) is 5.75 Å². The van der Waals surface area contributed by atoms with Gasteiger partial charge >= 0.3 is 0 Å². The van der Waals surface area contributed by atoms with E-state index < -0.39 is 10.0 Å². The van der Waals surface area contributed by atoms with Crippen LogP contribution >= 0.6 is 11.3 Å². The molecule has 1 fully saturated rings. The summed E-state index contributed by atoms with van der Waals surface area (Å²) in [6.07, 6.45) is 4.98. The van der Waals surface area contributed by atoms with Crippen molar-refractivity contribution in [3.8, 4) is 32.8 Å². The summed E-state index contributed by atoms with van der Waals surface area (Å²) < 4.78 is 33.6. The van der Waals surface area contributed by atoms with E-state index in [0.29, 0.717) is 11.3 Å². The van der Waals surface area contributed by atoms with Gasteiger partial charge in [0.1, 0.15) is 16.8 Å². The van der Waals surface area contributed by atoms with E-state index in [9.17, 15) is 13.7 Å². The molecular formula is C25H25N3O3S2. The highest BCUT2D eigenvalue weighted by atomic mass is 32.2. The molecule has 33 heavy (non-hydrogen) atoms. The molecule has 3 aromatic rings. The van der Waals surface area contributed by atoms with Gasteiger partial charge in [-0.05, 0) is 74.4 Å². The van der Waals surface area contributed by atoms with Crippen LogP contribution in [0.2, 0.25) is 0 Å². The fourth-order valence-electron chi connectivity index (χ4n) is 4.32. The van der Waals surface area contributed by atoms with Crippen molar-refractivity contribution in [2.45, 2.75) is 56.9 Å². The second-order valence-electron chi connectivity index (χ2n) is 8.85. The number of rotatable bonds is 7. The lowest BCUT2D eigenvalue weighted by atomic mass is 10.0. The van der Waals surface area contributed by atoms with Gasteiger partial charge < -0.3 is 4.74 Å². The second-order valence-corrected chi connectivity index (χ2v) is 11.9. The number of sulfonamides is 1. The molecule has 1 unspecified atom stereocenters. The number of nitriles is 1. The number of aromatic nitrogens is 1. The predicted molar refractivity (Wildman–Crippen MR) is 130 cm³/mol. The van der Waals surface area contributed by atoms with Gasteiger partial charge in [-0.2, -0.15) is 5.26 Å². The number of hydrogen-bond acceptors (Lipinski definition) is 6. The van der Waals surface area contributed by atoms with E-state index in [0.717, 1.165) is 52.3 Å². The second kappa shape index (κ2) is 8.56. The van der Waals surface area contributed by atoms with Crippen LogP contribution in [-0.2, 0) is 16.4 Å². The van der Waals surface area contributed by atoms with Gasteiger partial charge in [0.05, 0.1) is 21.8 Å². The highest BCUT2D eigenvalue weighted by Crippen LogP contribution is 2.42. The third-order valence-electron chi connectivity index (χ3n) is 6.02. The van der Waals surface area contributed by atoms with Crippen molar-refractivity contribution in [1.82, 2.24) is 9.71 Å². The molecule has 0 bridgehead atoms. The van der Waals surface area contributed by atoms with Crippen LogP contribution in [0.1, 0.15) is 55.8 Å². The maximum absolute atomic E-state index is 12.5. The summed E-state index contributed by atoms with van der Waals surface area (Å²) in [4.78, 5) is 5.66. The molecule has 2 aliphatic carbocycles. The first-order valence-corrected chi connectivity index (χ1v) is 13.5. The molecule has 1 aromatic heterocycles. The van der Waals surface area contributed by atoms with Crippen LogP contribution in [0.4, 0.5) is 0 Å². The molecule has 1 heterocycles. The number of nitrogens with zero attached hydrogens (tertiary/aromatic N) is 2. The van der Waals surface area contributed by atoms with Gasteiger partial charge in [-0.1, -0.05) is 18.2 Å². The Labute approximate surface area is 198 Å². The highest BCUT2D eigenvalue weighted by molar-refractivity contribution is 7.90. The zero-order valence-electron chi connectivity index (χ0n) is 18.5. The molecule has 2 aromatic carbocycles. The van der Waals surface area contributed by atoms with Gasteiger partial charge in [0.2, 0.25) is 10.0 Å². The quantitative estimate of drug-likeness (QED) is 0.502. The average molecular weight is 480 g/mol. The van der Waals surface area contributed by atoms with Gasteiger partial charge in [-0.25, -0.2) is 18.1 Å². The Morgan fingerprint density at radius 2 is 2.03 bits per heavy atom. The summed E-state index contributed by atoms with van der Waals surface area (Å²) in [5, 5.41) is 10.2. The van der Waals surface area contributed by atoms with E-state index in [2.05, 4.69) is 21.8 Å². The summed E-state index contributed by atoms with van der Waals surface area (Å²) in [6, 6.07) is 13.7. The molecule has 0 radical (unpaired) electrons. The van der Waals surface area contributed by atoms with Crippen LogP contribution in [-0.4, -0.2) is 24.8 Å². The molecule has 1 N–H and O–H groups in total. The van der Waals surface area contributed by atoms with Crippen LogP contribution in [0, 0.1) is 11.3 Å². The van der Waals surface area contributed by atoms with Gasteiger partial charge in [-0.3, -0.25) is 0 Å². The lowest BCUT2D eigenvalue weighted by molar-refractivity contribution is 0.242. The van der Waals surface area contributed by atoms with Crippen LogP contribution in [0.3, 0.4) is 0 Å². The van der Waals surface area contributed by atoms with E-state index in [1.807, 2.05) is 50.4 Å². The maximum Gasteiger partial charge on any atom is 0.215 e. The number of fused-ring (bicyclic) bond motifs is 1. The average Bonchev–Trinajstić information content (AvgIpc) is 3.43. The first-order chi connectivity index (χ1) is 15.9. The van der Waals surface area contributed by atoms with E-state index in [-0.39, 0.29) is 17.4 Å². The van der Waals surface area contributed by atoms with E-state index in [1.165, 1.54) is 5.56 Å². The Morgan fingerprint density at radius 1 is 1.21 bits per heavy atom. The number of hydrogen-bond donors (Lipinski definition) is 1. The first-order valence-electron chi connectivity index (χ1n) is 11.2. The molecule has 170 valence electrons. The van der Waals surface area contributed by atoms with Crippen LogP contribution in [0.15, 0.2) is 42.6 Å². The molecule has 6 nitrogen and oxygen atoms in total. The number of benzene rings is 2. The third kappa shape index (κ3) is 4.41. The predicted octanol–water partition coefficient (Wildman–Crippen LogP) is 5.21. The molecule has 8 heteroatoms. The molecule has 0 aliphatic heterocycles. The standard InChI is InChI=1S/C25H25N3O3S2/c1-15(2)31-23-11-6-16(12-17(23)13-26)25-27-14-24(32-25)21-5-3-4-20-19(21)9-10-22(20)28-33(29,30)18-7-8-18/h3-6,11-12,14-15,18,22,28H,7-10H2,1-2H3. The lowest BCUT2D eigenvalue weighted by Crippen LogP contribution is -2.30. The SMILES string of the molecule is CC(C)Oc1ccc(-c2ncc(-c3cccc4c3CCC4NS(=O)(=O)C3CC3)s2)cc1C#N. The molecular weight excluding hydrogens is 454 g/mol. The number of ether oxygens (including phenoxy) is 1. The fraction of sp³-hybridized carbons (Fsp3) is 0.360. The topological polar surface area (TPSA) is 92.1 Å². The maximum atomic E-state index is 12.5. The normalized spacial score (nSPS) is 17.7. The van der Waals surface area contributed by atoms with Gasteiger partial charge in [-0.15, -0.1) is 11.3 Å². The molecule has 5 rings (SSSR count). The minimum atomic E-state index is -3.24. The lowest BCUT2D eigenvalue weighted by Gasteiger charge is -2.14. The van der Waals surface area contributed by atoms with Crippen LogP contribution < -0.4 is 9.46 Å². The van der Waals surface area contributed by atoms with Crippen LogP contribution in [0.25, 0.3) is 21.0 Å². The minimum Gasteiger partial charge on any atom is -0.490 e. The summed E-state index contributed by atoms with van der Waals surface area (Å²) in [7, 11) is -3.24. The monoisotopic (exact) mass is 479 g/mol. The zero-order valence-corrected chi connectivity index (χ0v) is 20.2. The Morgan fingerprint density at radius 3 is 2.76 bits per heavy atom. The van der Waals surface area contributed by atoms with E-state index >= 15 is 0 Å². The van der Waals surface area contributed by atoms with Gasteiger partial charge in [0.15, 0.2) is 0 Å². The largest absolute Gasteiger partial charge is 0.490 e. The van der Waals surface area contributed by atoms with Crippen molar-refractivity contribution in [2.75, 3.05) is 0 Å². The fourth-order valence-corrected chi connectivity index (χ4v) is 6.88. The van der Waals surface area contributed by atoms with Crippen molar-refractivity contribution in [3.05, 3.63) is 59.3 Å².